The number of aliphatic hydroxyl groups is 1. The molecule has 0 aliphatic carbocycles. The first kappa shape index (κ1) is 69.0. The van der Waals surface area contributed by atoms with Crippen molar-refractivity contribution in [3.8, 4) is 5.75 Å². The van der Waals surface area contributed by atoms with Crippen LogP contribution < -0.4 is 42.0 Å². The molecule has 85 heavy (non-hydrogen) atoms. The molecule has 4 unspecified atom stereocenters. The lowest BCUT2D eigenvalue weighted by Crippen LogP contribution is -2.63. The summed E-state index contributed by atoms with van der Waals surface area (Å²) < 4.78 is 34.8. The highest BCUT2D eigenvalue weighted by molar-refractivity contribution is 9.09. The number of amides is 8. The lowest BCUT2D eigenvalue weighted by molar-refractivity contribution is -0.158. The molecular formula is C58H77BrCl2N8O16. The van der Waals surface area contributed by atoms with Gasteiger partial charge in [0.15, 0.2) is 5.72 Å². The first-order chi connectivity index (χ1) is 40.0. The van der Waals surface area contributed by atoms with Gasteiger partial charge in [-0.3, -0.25) is 29.3 Å². The maximum atomic E-state index is 14.5. The van der Waals surface area contributed by atoms with Crippen LogP contribution in [-0.4, -0.2) is 164 Å². The van der Waals surface area contributed by atoms with E-state index in [4.69, 9.17) is 57.4 Å². The lowest BCUT2D eigenvalue weighted by atomic mass is 9.83. The number of alkyl halides is 1. The van der Waals surface area contributed by atoms with E-state index in [1.165, 1.54) is 58.3 Å². The third kappa shape index (κ3) is 18.9. The van der Waals surface area contributed by atoms with Gasteiger partial charge in [-0.15, -0.1) is 0 Å². The normalized spacial score (nSPS) is 24.2. The Balaban J connectivity index is 1.29. The van der Waals surface area contributed by atoms with Crippen LogP contribution in [0, 0.1) is 5.92 Å². The quantitative estimate of drug-likeness (QED) is 0.0170. The van der Waals surface area contributed by atoms with E-state index >= 15 is 0 Å². The van der Waals surface area contributed by atoms with Gasteiger partial charge in [-0.1, -0.05) is 76.4 Å². The zero-order valence-electron chi connectivity index (χ0n) is 49.1. The predicted octanol–water partition coefficient (Wildman–Crippen LogP) is 5.91. The van der Waals surface area contributed by atoms with Crippen molar-refractivity contribution in [3.05, 3.63) is 87.5 Å². The number of epoxide rings is 1. The second-order valence-corrected chi connectivity index (χ2v) is 22.9. The van der Waals surface area contributed by atoms with Gasteiger partial charge in [0.25, 0.3) is 5.91 Å². The zero-order chi connectivity index (χ0) is 63.1. The maximum absolute atomic E-state index is 14.5. The van der Waals surface area contributed by atoms with Gasteiger partial charge < -0.3 is 70.3 Å². The van der Waals surface area contributed by atoms with Gasteiger partial charge in [-0.25, -0.2) is 19.2 Å². The van der Waals surface area contributed by atoms with E-state index in [9.17, 15) is 48.3 Å². The number of benzene rings is 2. The van der Waals surface area contributed by atoms with Gasteiger partial charge in [-0.2, -0.15) is 0 Å². The molecule has 3 aliphatic heterocycles. The molecule has 0 saturated carbocycles. The summed E-state index contributed by atoms with van der Waals surface area (Å²) >= 11 is 16.7. The Morgan fingerprint density at radius 3 is 2.41 bits per heavy atom. The van der Waals surface area contributed by atoms with Gasteiger partial charge in [-0.05, 0) is 102 Å². The minimum atomic E-state index is -1.92. The molecule has 24 nitrogen and oxygen atoms in total. The SMILES string of the molecule is C=C(CBr)C(=O)OC(C)CCCCC(=O)NCC(=O)NC(CCCNC(N)=O)C(=O)Nc1ccc(C(=O)N(C)[C@@H](C)C(=O)O[C@H]2CC(=O)N(C)c3cc(cc(OC)c3Cl)C/C(C)=C/C=C/[C@@H](OC)[C@@]3(O)CC(OC(=O)N3)[C@@H](C)C3O[C@]32C)c(Cl)c1. The summed E-state index contributed by atoms with van der Waals surface area (Å²) in [6.07, 6.45) is 1.36. The minimum absolute atomic E-state index is 0.0256. The number of esters is 2. The molecule has 3 heterocycles. The van der Waals surface area contributed by atoms with Gasteiger partial charge in [0.1, 0.15) is 46.8 Å². The van der Waals surface area contributed by atoms with Gasteiger partial charge in [0.05, 0.1) is 48.6 Å². The zero-order valence-corrected chi connectivity index (χ0v) is 52.2. The van der Waals surface area contributed by atoms with E-state index < -0.39 is 126 Å². The molecule has 466 valence electrons. The summed E-state index contributed by atoms with van der Waals surface area (Å²) in [7, 11) is 5.70. The minimum Gasteiger partial charge on any atom is -0.495 e. The van der Waals surface area contributed by atoms with E-state index in [0.717, 1.165) is 16.0 Å². The highest BCUT2D eigenvalue weighted by Crippen LogP contribution is 2.49. The fourth-order valence-electron chi connectivity index (χ4n) is 9.76. The Morgan fingerprint density at radius 2 is 1.75 bits per heavy atom. The fourth-order valence-corrected chi connectivity index (χ4v) is 10.6. The van der Waals surface area contributed by atoms with Crippen LogP contribution in [0.5, 0.6) is 5.75 Å². The van der Waals surface area contributed by atoms with Crippen molar-refractivity contribution in [1.82, 2.24) is 26.2 Å². The standard InChI is InChI=1S/C58H77BrCl2N8O16/c1-31-15-13-18-44(81-10)58(79)28-43(83-56(78)67-58)34(4)50-57(6,85-50)45(27-48(72)69(8)41-24-36(23-31)25-42(80-9)49(41)61)84-54(76)35(5)68(7)52(74)38-21-20-37(26-39(38)60)65-51(73)40(17-14-22-63-55(62)77)66-47(71)30-64-46(70)19-12-11-16-33(3)82-53(75)32(2)29-59/h13,15,18,20-21,24-26,33-35,40,43-45,50,79H,2,11-12,14,16-17,19,22-23,27-30H2,1,3-10H3,(H,64,70)(H,65,73)(H,66,71)(H,67,78)(H3,62,63,77)/b18-13+,31-15+/t33?,34-,35+,40?,43?,44-,45+,50?,57+,58+/m1/s1. The summed E-state index contributed by atoms with van der Waals surface area (Å²) in [5.74, 6) is -4.87. The molecule has 0 aromatic heterocycles. The Morgan fingerprint density at radius 1 is 1.04 bits per heavy atom. The number of fused-ring (bicyclic) bond motifs is 5. The topological polar surface area (TPSA) is 325 Å². The van der Waals surface area contributed by atoms with Crippen LogP contribution in [-0.2, 0) is 58.9 Å². The number of unbranched alkanes of at least 4 members (excludes halogenated alkanes) is 1. The van der Waals surface area contributed by atoms with Gasteiger partial charge in [0.2, 0.25) is 23.6 Å². The highest BCUT2D eigenvalue weighted by Gasteiger charge is 2.64. The number of methoxy groups -OCH3 is 2. The number of nitrogens with two attached hydrogens (primary N) is 1. The Bertz CT molecular complexity index is 2910. The molecule has 2 aromatic carbocycles. The van der Waals surface area contributed by atoms with Crippen molar-refractivity contribution < 1.29 is 76.7 Å². The number of hydrogen-bond acceptors (Lipinski definition) is 16. The number of alkyl carbamates (subject to hydrolysis) is 1. The van der Waals surface area contributed by atoms with E-state index in [1.807, 2.05) is 13.0 Å². The van der Waals surface area contributed by atoms with Crippen LogP contribution in [0.1, 0.15) is 102 Å². The Kier molecular flexibility index (Phi) is 25.2. The molecule has 8 amide bonds. The summed E-state index contributed by atoms with van der Waals surface area (Å²) in [6, 6.07) is 4.20. The molecule has 8 N–H and O–H groups in total. The first-order valence-electron chi connectivity index (χ1n) is 27.6. The number of nitrogens with zero attached hydrogens (tertiary/aromatic N) is 2. The average Bonchev–Trinajstić information content (AvgIpc) is 3.38. The van der Waals surface area contributed by atoms with Crippen LogP contribution in [0.2, 0.25) is 10.0 Å². The molecular weight excluding hydrogens is 1220 g/mol. The molecule has 0 radical (unpaired) electrons. The summed E-state index contributed by atoms with van der Waals surface area (Å²) in [6.45, 7) is 11.7. The van der Waals surface area contributed by atoms with Crippen LogP contribution >= 0.6 is 39.1 Å². The summed E-state index contributed by atoms with van der Waals surface area (Å²) in [4.78, 5) is 121. The van der Waals surface area contributed by atoms with Crippen molar-refractivity contribution in [2.75, 3.05) is 57.0 Å². The van der Waals surface area contributed by atoms with E-state index in [1.54, 1.807) is 45.1 Å². The van der Waals surface area contributed by atoms with E-state index in [0.29, 0.717) is 37.1 Å². The third-order valence-electron chi connectivity index (χ3n) is 15.0. The van der Waals surface area contributed by atoms with Crippen molar-refractivity contribution in [2.45, 2.75) is 146 Å². The van der Waals surface area contributed by atoms with Crippen molar-refractivity contribution in [3.63, 3.8) is 0 Å². The van der Waals surface area contributed by atoms with Crippen molar-refractivity contribution in [2.24, 2.45) is 11.7 Å². The van der Waals surface area contributed by atoms with Crippen LogP contribution in [0.25, 0.3) is 0 Å². The molecule has 10 atom stereocenters. The molecule has 0 spiro atoms. The molecule has 27 heteroatoms. The smallest absolute Gasteiger partial charge is 0.409 e. The number of anilines is 2. The predicted molar refractivity (Wildman–Crippen MR) is 319 cm³/mol. The van der Waals surface area contributed by atoms with Crippen LogP contribution in [0.15, 0.2) is 66.3 Å². The molecule has 5 rings (SSSR count). The first-order valence-corrected chi connectivity index (χ1v) is 29.4. The number of nitrogens with one attached hydrogen (secondary N) is 5. The van der Waals surface area contributed by atoms with Crippen molar-refractivity contribution in [1.29, 1.82) is 0 Å². The number of halogens is 3. The monoisotopic (exact) mass is 1290 g/mol. The number of carbonyl (C=O) groups is 9. The molecule has 3 aliphatic rings. The molecule has 4 bridgehead atoms. The Labute approximate surface area is 512 Å². The maximum Gasteiger partial charge on any atom is 0.409 e. The molecule has 2 fully saturated rings. The lowest BCUT2D eigenvalue weighted by Gasteiger charge is -2.42. The van der Waals surface area contributed by atoms with E-state index in [2.05, 4.69) is 49.1 Å². The number of allylic oxidation sites excluding steroid dienone is 3. The van der Waals surface area contributed by atoms with Gasteiger partial charge >= 0.3 is 24.1 Å². The van der Waals surface area contributed by atoms with Crippen molar-refractivity contribution >= 4 is 104 Å². The number of primary amides is 1. The largest absolute Gasteiger partial charge is 0.495 e. The third-order valence-corrected chi connectivity index (χ3v) is 16.4. The number of hydrogen-bond donors (Lipinski definition) is 7. The summed E-state index contributed by atoms with van der Waals surface area (Å²) in [5, 5.41) is 24.9. The average molecular weight is 1290 g/mol. The number of rotatable bonds is 23. The van der Waals surface area contributed by atoms with E-state index in [-0.39, 0.29) is 64.4 Å². The van der Waals surface area contributed by atoms with Crippen LogP contribution in [0.4, 0.5) is 21.0 Å². The second kappa shape index (κ2) is 31.0. The number of likely N-dealkylation sites (N-methyl/N-ethyl adjacent to an activating group) is 1. The Hall–Kier alpha value is -6.77. The summed E-state index contributed by atoms with van der Waals surface area (Å²) in [5.41, 5.74) is 4.13. The molecule has 2 saturated heterocycles. The number of carbonyl (C=O) groups excluding carboxylic acids is 9. The number of urea groups is 1. The fraction of sp³-hybridized carbons (Fsp3) is 0.534. The van der Waals surface area contributed by atoms with Gasteiger partial charge in [0, 0.05) is 63.1 Å². The second-order valence-electron chi connectivity index (χ2n) is 21.5. The number of ether oxygens (including phenoxy) is 6. The molecule has 2 aromatic rings. The highest BCUT2D eigenvalue weighted by atomic mass is 79.9. The van der Waals surface area contributed by atoms with Crippen LogP contribution in [0.3, 0.4) is 0 Å².